The first kappa shape index (κ1) is 14.8. The Morgan fingerprint density at radius 3 is 2.96 bits per heavy atom. The zero-order valence-corrected chi connectivity index (χ0v) is 13.4. The highest BCUT2D eigenvalue weighted by Crippen LogP contribution is 2.37. The summed E-state index contributed by atoms with van der Waals surface area (Å²) >= 11 is 0. The van der Waals surface area contributed by atoms with Gasteiger partial charge in [-0.15, -0.1) is 0 Å². The second kappa shape index (κ2) is 5.70. The van der Waals surface area contributed by atoms with Crippen LogP contribution < -0.4 is 5.32 Å². The molecule has 0 saturated heterocycles. The topological polar surface area (TPSA) is 98.2 Å². The van der Waals surface area contributed by atoms with E-state index in [2.05, 4.69) is 25.7 Å². The molecule has 1 saturated carbocycles. The van der Waals surface area contributed by atoms with Crippen molar-refractivity contribution in [3.63, 3.8) is 0 Å². The number of aromatic nitrogens is 5. The third-order valence-corrected chi connectivity index (χ3v) is 4.56. The summed E-state index contributed by atoms with van der Waals surface area (Å²) in [6.45, 7) is 1.96. The first-order chi connectivity index (χ1) is 11.7. The lowest BCUT2D eigenvalue weighted by Crippen LogP contribution is -2.44. The Hall–Kier alpha value is -2.77. The zero-order valence-electron chi connectivity index (χ0n) is 13.4. The molecule has 0 spiro atoms. The molecule has 3 heterocycles. The number of hydrogen-bond acceptors (Lipinski definition) is 6. The molecular formula is C16H18N6O2. The number of fused-ring (bicyclic) bond motifs is 1. The first-order valence-electron chi connectivity index (χ1n) is 8.16. The summed E-state index contributed by atoms with van der Waals surface area (Å²) in [7, 11) is 0. The van der Waals surface area contributed by atoms with Gasteiger partial charge in [0.1, 0.15) is 11.1 Å². The first-order valence-corrected chi connectivity index (χ1v) is 8.16. The summed E-state index contributed by atoms with van der Waals surface area (Å²) in [5.41, 5.74) is 0.601. The Balaban J connectivity index is 1.67. The molecule has 1 N–H and O–H groups in total. The van der Waals surface area contributed by atoms with Crippen molar-refractivity contribution in [1.29, 1.82) is 0 Å². The molecule has 4 rings (SSSR count). The summed E-state index contributed by atoms with van der Waals surface area (Å²) in [5, 5.41) is 15.5. The van der Waals surface area contributed by atoms with Gasteiger partial charge >= 0.3 is 0 Å². The number of nitrogens with zero attached hydrogens (tertiary/aromatic N) is 5. The molecule has 3 aromatic heterocycles. The molecular weight excluding hydrogens is 308 g/mol. The van der Waals surface area contributed by atoms with E-state index in [0.717, 1.165) is 25.7 Å². The molecule has 0 atom stereocenters. The fraction of sp³-hybridized carbons (Fsp3) is 0.438. The molecule has 0 aliphatic heterocycles. The van der Waals surface area contributed by atoms with Crippen LogP contribution in [0.25, 0.3) is 5.52 Å². The van der Waals surface area contributed by atoms with Gasteiger partial charge in [-0.1, -0.05) is 24.9 Å². The van der Waals surface area contributed by atoms with Gasteiger partial charge in [0.2, 0.25) is 5.89 Å². The van der Waals surface area contributed by atoms with Crippen molar-refractivity contribution < 1.29 is 9.32 Å². The lowest BCUT2D eigenvalue weighted by atomic mass is 9.96. The molecule has 1 aliphatic carbocycles. The maximum atomic E-state index is 12.9. The minimum absolute atomic E-state index is 0.192. The second-order valence-electron chi connectivity index (χ2n) is 6.07. The van der Waals surface area contributed by atoms with Gasteiger partial charge in [-0.05, 0) is 25.0 Å². The Labute approximate surface area is 138 Å². The van der Waals surface area contributed by atoms with Crippen LogP contribution in [-0.4, -0.2) is 30.9 Å². The van der Waals surface area contributed by atoms with Gasteiger partial charge in [0, 0.05) is 12.6 Å². The highest BCUT2D eigenvalue weighted by Gasteiger charge is 2.41. The molecule has 8 nitrogen and oxygen atoms in total. The van der Waals surface area contributed by atoms with Crippen molar-refractivity contribution in [2.24, 2.45) is 0 Å². The smallest absolute Gasteiger partial charge is 0.255 e. The Kier molecular flexibility index (Phi) is 3.51. The predicted molar refractivity (Wildman–Crippen MR) is 84.3 cm³/mol. The number of amides is 1. The monoisotopic (exact) mass is 326 g/mol. The lowest BCUT2D eigenvalue weighted by molar-refractivity contribution is 0.0893. The molecule has 1 amide bonds. The summed E-state index contributed by atoms with van der Waals surface area (Å²) in [6.07, 6.45) is 7.49. The van der Waals surface area contributed by atoms with Gasteiger partial charge in [-0.25, -0.2) is 0 Å². The number of nitrogens with one attached hydrogen (secondary N) is 1. The van der Waals surface area contributed by atoms with Crippen LogP contribution in [-0.2, 0) is 12.0 Å². The van der Waals surface area contributed by atoms with E-state index in [9.17, 15) is 4.79 Å². The van der Waals surface area contributed by atoms with Gasteiger partial charge in [0.05, 0.1) is 11.8 Å². The molecule has 124 valence electrons. The van der Waals surface area contributed by atoms with Crippen LogP contribution >= 0.6 is 0 Å². The van der Waals surface area contributed by atoms with Crippen molar-refractivity contribution in [2.45, 2.75) is 44.6 Å². The fourth-order valence-corrected chi connectivity index (χ4v) is 3.27. The molecule has 3 aromatic rings. The summed E-state index contributed by atoms with van der Waals surface area (Å²) in [4.78, 5) is 17.3. The highest BCUT2D eigenvalue weighted by molar-refractivity contribution is 6.00. The number of rotatable bonds is 4. The van der Waals surface area contributed by atoms with Crippen LogP contribution in [0, 0.1) is 0 Å². The van der Waals surface area contributed by atoms with E-state index in [1.54, 1.807) is 12.3 Å². The summed E-state index contributed by atoms with van der Waals surface area (Å²) in [6, 6.07) is 3.60. The van der Waals surface area contributed by atoms with Gasteiger partial charge in [-0.3, -0.25) is 4.79 Å². The molecule has 24 heavy (non-hydrogen) atoms. The predicted octanol–water partition coefficient (Wildman–Crippen LogP) is 1.87. The average Bonchev–Trinajstić information content (AvgIpc) is 3.33. The SMILES string of the molecule is CCc1nc(C2(NC(=O)c3cnn4ncccc34)CCCC2)no1. The largest absolute Gasteiger partial charge is 0.339 e. The maximum absolute atomic E-state index is 12.9. The average molecular weight is 326 g/mol. The van der Waals surface area contributed by atoms with E-state index in [1.807, 2.05) is 13.0 Å². The quantitative estimate of drug-likeness (QED) is 0.786. The van der Waals surface area contributed by atoms with Crippen LogP contribution in [0.15, 0.2) is 29.0 Å². The van der Waals surface area contributed by atoms with Crippen LogP contribution in [0.3, 0.4) is 0 Å². The van der Waals surface area contributed by atoms with Gasteiger partial charge in [0.15, 0.2) is 5.82 Å². The third-order valence-electron chi connectivity index (χ3n) is 4.56. The number of hydrogen-bond donors (Lipinski definition) is 1. The van der Waals surface area contributed by atoms with E-state index < -0.39 is 5.54 Å². The Bertz CT molecular complexity index is 877. The lowest BCUT2D eigenvalue weighted by Gasteiger charge is -2.26. The van der Waals surface area contributed by atoms with Crippen LogP contribution in [0.4, 0.5) is 0 Å². The van der Waals surface area contributed by atoms with Crippen LogP contribution in [0.5, 0.6) is 0 Å². The van der Waals surface area contributed by atoms with Gasteiger partial charge < -0.3 is 9.84 Å². The van der Waals surface area contributed by atoms with E-state index in [0.29, 0.717) is 29.2 Å². The standard InChI is InChI=1S/C16H18N6O2/c1-2-13-19-15(21-24-13)16(7-3-4-8-16)20-14(23)11-10-18-22-12(11)6-5-9-17-22/h5-6,9-10H,2-4,7-8H2,1H3,(H,20,23). The zero-order chi connectivity index (χ0) is 16.6. The minimum Gasteiger partial charge on any atom is -0.339 e. The highest BCUT2D eigenvalue weighted by atomic mass is 16.5. The second-order valence-corrected chi connectivity index (χ2v) is 6.07. The van der Waals surface area contributed by atoms with Crippen LogP contribution in [0.1, 0.15) is 54.7 Å². The van der Waals surface area contributed by atoms with E-state index >= 15 is 0 Å². The molecule has 1 fully saturated rings. The number of carbonyl (C=O) groups excluding carboxylic acids is 1. The van der Waals surface area contributed by atoms with Gasteiger partial charge in [0.25, 0.3) is 5.91 Å². The Morgan fingerprint density at radius 1 is 1.38 bits per heavy atom. The van der Waals surface area contributed by atoms with Crippen molar-refractivity contribution in [2.75, 3.05) is 0 Å². The normalized spacial score (nSPS) is 16.5. The van der Waals surface area contributed by atoms with Crippen molar-refractivity contribution in [3.8, 4) is 0 Å². The third kappa shape index (κ3) is 2.34. The number of carbonyl (C=O) groups is 1. The van der Waals surface area contributed by atoms with Crippen molar-refractivity contribution in [1.82, 2.24) is 30.3 Å². The molecule has 0 unspecified atom stereocenters. The fourth-order valence-electron chi connectivity index (χ4n) is 3.27. The Morgan fingerprint density at radius 2 is 2.21 bits per heavy atom. The van der Waals surface area contributed by atoms with E-state index in [1.165, 1.54) is 10.8 Å². The van der Waals surface area contributed by atoms with Gasteiger partial charge in [-0.2, -0.15) is 19.8 Å². The van der Waals surface area contributed by atoms with Crippen molar-refractivity contribution in [3.05, 3.63) is 41.8 Å². The summed E-state index contributed by atoms with van der Waals surface area (Å²) < 4.78 is 6.70. The van der Waals surface area contributed by atoms with E-state index in [4.69, 9.17) is 4.52 Å². The van der Waals surface area contributed by atoms with Crippen LogP contribution in [0.2, 0.25) is 0 Å². The molecule has 8 heteroatoms. The molecule has 0 bridgehead atoms. The van der Waals surface area contributed by atoms with Crippen molar-refractivity contribution >= 4 is 11.4 Å². The minimum atomic E-state index is -0.565. The molecule has 0 radical (unpaired) electrons. The molecule has 0 aromatic carbocycles. The molecule has 1 aliphatic rings. The maximum Gasteiger partial charge on any atom is 0.255 e. The summed E-state index contributed by atoms with van der Waals surface area (Å²) in [5.74, 6) is 0.966. The number of aryl methyl sites for hydroxylation is 1. The van der Waals surface area contributed by atoms with E-state index in [-0.39, 0.29) is 5.91 Å².